The van der Waals surface area contributed by atoms with Crippen molar-refractivity contribution in [3.8, 4) is 5.69 Å². The summed E-state index contributed by atoms with van der Waals surface area (Å²) in [6.07, 6.45) is 4.56. The van der Waals surface area contributed by atoms with Crippen LogP contribution in [0.4, 0.5) is 10.1 Å². The van der Waals surface area contributed by atoms with Crippen LogP contribution in [0.5, 0.6) is 0 Å². The summed E-state index contributed by atoms with van der Waals surface area (Å²) in [6.45, 7) is 3.00. The normalized spacial score (nSPS) is 11.6. The van der Waals surface area contributed by atoms with Crippen molar-refractivity contribution >= 4 is 21.4 Å². The maximum Gasteiger partial charge on any atom is 0.239 e. The van der Waals surface area contributed by atoms with E-state index in [1.165, 1.54) is 43.1 Å². The molecule has 1 heterocycles. The van der Waals surface area contributed by atoms with Gasteiger partial charge in [-0.05, 0) is 32.0 Å². The highest BCUT2D eigenvalue weighted by molar-refractivity contribution is 7.92. The van der Waals surface area contributed by atoms with Gasteiger partial charge in [-0.3, -0.25) is 4.79 Å². The van der Waals surface area contributed by atoms with E-state index in [0.717, 1.165) is 6.07 Å². The van der Waals surface area contributed by atoms with Crippen molar-refractivity contribution in [3.63, 3.8) is 0 Å². The maximum absolute atomic E-state index is 14.0. The van der Waals surface area contributed by atoms with E-state index < -0.39 is 32.6 Å². The Bertz CT molecular complexity index is 771. The maximum atomic E-state index is 14.0. The van der Waals surface area contributed by atoms with E-state index in [2.05, 4.69) is 10.3 Å². The van der Waals surface area contributed by atoms with Gasteiger partial charge >= 0.3 is 0 Å². The predicted octanol–water partition coefficient (Wildman–Crippen LogP) is 1.77. The predicted molar refractivity (Wildman–Crippen MR) is 81.1 cm³/mol. The van der Waals surface area contributed by atoms with Crippen LogP contribution in [0, 0.1) is 5.82 Å². The van der Waals surface area contributed by atoms with Crippen molar-refractivity contribution in [2.24, 2.45) is 0 Å². The number of nitrogens with zero attached hydrogens (tertiary/aromatic N) is 2. The van der Waals surface area contributed by atoms with Gasteiger partial charge in [0.1, 0.15) is 11.6 Å². The van der Waals surface area contributed by atoms with E-state index in [1.54, 1.807) is 6.20 Å². The molecule has 22 heavy (non-hydrogen) atoms. The molecular formula is C14H16FN3O3S. The van der Waals surface area contributed by atoms with Gasteiger partial charge in [-0.25, -0.2) is 17.8 Å². The van der Waals surface area contributed by atoms with Gasteiger partial charge in [0.15, 0.2) is 9.84 Å². The molecule has 0 saturated heterocycles. The number of rotatable bonds is 5. The van der Waals surface area contributed by atoms with E-state index in [9.17, 15) is 17.6 Å². The lowest BCUT2D eigenvalue weighted by Gasteiger charge is -2.10. The first kappa shape index (κ1) is 16.2. The lowest BCUT2D eigenvalue weighted by Crippen LogP contribution is -2.27. The summed E-state index contributed by atoms with van der Waals surface area (Å²) in [5.74, 6) is -1.87. The molecule has 0 atom stereocenters. The SMILES string of the molecule is CC(C)S(=O)(=O)CC(=O)Nc1ccc(-n2ccnc2)c(F)c1. The molecule has 0 unspecified atom stereocenters. The van der Waals surface area contributed by atoms with Crippen LogP contribution in [0.25, 0.3) is 5.69 Å². The fourth-order valence-electron chi connectivity index (χ4n) is 1.74. The molecule has 1 N–H and O–H groups in total. The van der Waals surface area contributed by atoms with Crippen molar-refractivity contribution in [3.05, 3.63) is 42.7 Å². The summed E-state index contributed by atoms with van der Waals surface area (Å²) in [4.78, 5) is 15.6. The third kappa shape index (κ3) is 3.70. The topological polar surface area (TPSA) is 81.1 Å². The van der Waals surface area contributed by atoms with Crippen LogP contribution in [0.1, 0.15) is 13.8 Å². The summed E-state index contributed by atoms with van der Waals surface area (Å²) < 4.78 is 38.8. The molecule has 1 aromatic heterocycles. The minimum absolute atomic E-state index is 0.199. The van der Waals surface area contributed by atoms with Crippen LogP contribution < -0.4 is 5.32 Å². The second kappa shape index (κ2) is 6.27. The summed E-state index contributed by atoms with van der Waals surface area (Å²) in [7, 11) is -3.49. The number of hydrogen-bond donors (Lipinski definition) is 1. The Kier molecular flexibility index (Phi) is 4.60. The zero-order chi connectivity index (χ0) is 16.3. The molecule has 0 aliphatic heterocycles. The zero-order valence-corrected chi connectivity index (χ0v) is 13.0. The van der Waals surface area contributed by atoms with Gasteiger partial charge in [0.05, 0.1) is 17.3 Å². The fraction of sp³-hybridized carbons (Fsp3) is 0.286. The van der Waals surface area contributed by atoms with Crippen LogP contribution in [-0.2, 0) is 14.6 Å². The van der Waals surface area contributed by atoms with Gasteiger partial charge in [-0.1, -0.05) is 0 Å². The van der Waals surface area contributed by atoms with Gasteiger partial charge < -0.3 is 9.88 Å². The molecule has 1 aromatic carbocycles. The van der Waals surface area contributed by atoms with Crippen molar-refractivity contribution in [2.45, 2.75) is 19.1 Å². The first-order valence-corrected chi connectivity index (χ1v) is 8.30. The van der Waals surface area contributed by atoms with Crippen molar-refractivity contribution < 1.29 is 17.6 Å². The van der Waals surface area contributed by atoms with Crippen LogP contribution in [0.3, 0.4) is 0 Å². The second-order valence-corrected chi connectivity index (χ2v) is 7.60. The highest BCUT2D eigenvalue weighted by Crippen LogP contribution is 2.18. The Morgan fingerprint density at radius 2 is 2.14 bits per heavy atom. The molecule has 0 fully saturated rings. The molecule has 2 aromatic rings. The van der Waals surface area contributed by atoms with Crippen molar-refractivity contribution in [1.29, 1.82) is 0 Å². The Labute approximate surface area is 127 Å². The number of sulfone groups is 1. The van der Waals surface area contributed by atoms with E-state index in [-0.39, 0.29) is 11.4 Å². The van der Waals surface area contributed by atoms with Gasteiger partial charge in [-0.2, -0.15) is 0 Å². The average molecular weight is 325 g/mol. The molecule has 0 saturated carbocycles. The van der Waals surface area contributed by atoms with Crippen LogP contribution in [0.15, 0.2) is 36.9 Å². The molecule has 0 spiro atoms. The fourth-order valence-corrected chi connectivity index (χ4v) is 2.51. The van der Waals surface area contributed by atoms with Crippen molar-refractivity contribution in [2.75, 3.05) is 11.1 Å². The second-order valence-electron chi connectivity index (χ2n) is 5.04. The molecule has 118 valence electrons. The smallest absolute Gasteiger partial charge is 0.239 e. The van der Waals surface area contributed by atoms with Gasteiger partial charge in [-0.15, -0.1) is 0 Å². The summed E-state index contributed by atoms with van der Waals surface area (Å²) in [5, 5.41) is 1.74. The Morgan fingerprint density at radius 3 is 2.68 bits per heavy atom. The zero-order valence-electron chi connectivity index (χ0n) is 12.2. The monoisotopic (exact) mass is 325 g/mol. The number of aromatic nitrogens is 2. The largest absolute Gasteiger partial charge is 0.325 e. The number of carbonyl (C=O) groups excluding carboxylic acids is 1. The van der Waals surface area contributed by atoms with E-state index in [4.69, 9.17) is 0 Å². The number of carbonyl (C=O) groups is 1. The van der Waals surface area contributed by atoms with Gasteiger partial charge in [0.25, 0.3) is 0 Å². The molecular weight excluding hydrogens is 309 g/mol. The Balaban J connectivity index is 2.12. The number of hydrogen-bond acceptors (Lipinski definition) is 4. The van der Waals surface area contributed by atoms with Crippen LogP contribution in [0.2, 0.25) is 0 Å². The van der Waals surface area contributed by atoms with Crippen LogP contribution >= 0.6 is 0 Å². The number of imidazole rings is 1. The van der Waals surface area contributed by atoms with E-state index in [1.807, 2.05) is 0 Å². The number of benzene rings is 1. The first-order valence-electron chi connectivity index (χ1n) is 6.59. The quantitative estimate of drug-likeness (QED) is 0.908. The van der Waals surface area contributed by atoms with E-state index >= 15 is 0 Å². The number of amides is 1. The van der Waals surface area contributed by atoms with Gasteiger partial charge in [0, 0.05) is 18.1 Å². The highest BCUT2D eigenvalue weighted by atomic mass is 32.2. The van der Waals surface area contributed by atoms with Crippen molar-refractivity contribution in [1.82, 2.24) is 9.55 Å². The Morgan fingerprint density at radius 1 is 1.41 bits per heavy atom. The van der Waals surface area contributed by atoms with Crippen LogP contribution in [-0.4, -0.2) is 34.9 Å². The molecule has 6 nitrogen and oxygen atoms in total. The number of anilines is 1. The minimum atomic E-state index is -3.49. The van der Waals surface area contributed by atoms with E-state index in [0.29, 0.717) is 0 Å². The number of halogens is 1. The summed E-state index contributed by atoms with van der Waals surface area (Å²) in [5.41, 5.74) is 0.482. The average Bonchev–Trinajstić information content (AvgIpc) is 2.91. The molecule has 0 radical (unpaired) electrons. The first-order chi connectivity index (χ1) is 10.3. The number of nitrogens with one attached hydrogen (secondary N) is 1. The Hall–Kier alpha value is -2.22. The molecule has 0 aliphatic carbocycles. The molecule has 0 aliphatic rings. The molecule has 1 amide bonds. The lowest BCUT2D eigenvalue weighted by molar-refractivity contribution is -0.113. The molecule has 0 bridgehead atoms. The van der Waals surface area contributed by atoms with Gasteiger partial charge in [0.2, 0.25) is 5.91 Å². The highest BCUT2D eigenvalue weighted by Gasteiger charge is 2.20. The summed E-state index contributed by atoms with van der Waals surface area (Å²) in [6, 6.07) is 4.11. The molecule has 8 heteroatoms. The minimum Gasteiger partial charge on any atom is -0.325 e. The third-order valence-electron chi connectivity index (χ3n) is 3.06. The standard InChI is InChI=1S/C14H16FN3O3S/c1-10(2)22(20,21)8-14(19)17-11-3-4-13(12(15)7-11)18-6-5-16-9-18/h3-7,9-10H,8H2,1-2H3,(H,17,19). The molecule has 2 rings (SSSR count). The third-order valence-corrected chi connectivity index (χ3v) is 5.17. The lowest BCUT2D eigenvalue weighted by atomic mass is 10.2. The summed E-state index contributed by atoms with van der Waals surface area (Å²) >= 11 is 0.